The third-order valence-corrected chi connectivity index (χ3v) is 5.15. The molecule has 1 heterocycles. The van der Waals surface area contributed by atoms with Crippen molar-refractivity contribution >= 4 is 28.9 Å². The molecule has 0 radical (unpaired) electrons. The minimum Gasteiger partial charge on any atom is -0.376 e. The van der Waals surface area contributed by atoms with Gasteiger partial charge in [-0.1, -0.05) is 30.3 Å². The van der Waals surface area contributed by atoms with Crippen molar-refractivity contribution in [1.29, 1.82) is 0 Å². The summed E-state index contributed by atoms with van der Waals surface area (Å²) in [6.45, 7) is 2.32. The summed E-state index contributed by atoms with van der Waals surface area (Å²) in [4.78, 5) is 26.9. The largest absolute Gasteiger partial charge is 0.376 e. The van der Waals surface area contributed by atoms with Gasteiger partial charge in [0.25, 0.3) is 5.91 Å². The fraction of sp³-hybridized carbons (Fsp3) is 0.167. The predicted octanol–water partition coefficient (Wildman–Crippen LogP) is 4.39. The molecular weight excluding hydrogens is 381 g/mol. The van der Waals surface area contributed by atoms with Crippen LogP contribution in [0.25, 0.3) is 0 Å². The lowest BCUT2D eigenvalue weighted by molar-refractivity contribution is -0.114. The maximum atomic E-state index is 13.6. The van der Waals surface area contributed by atoms with Gasteiger partial charge in [-0.15, -0.1) is 0 Å². The Labute approximate surface area is 174 Å². The summed E-state index contributed by atoms with van der Waals surface area (Å²) in [6, 6.07) is 19.6. The fourth-order valence-corrected chi connectivity index (χ4v) is 3.53. The Kier molecular flexibility index (Phi) is 5.48. The van der Waals surface area contributed by atoms with Gasteiger partial charge < -0.3 is 15.5 Å². The number of hydrogen-bond acceptors (Lipinski definition) is 3. The summed E-state index contributed by atoms with van der Waals surface area (Å²) < 4.78 is 13.6. The Morgan fingerprint density at radius 1 is 1.00 bits per heavy atom. The molecule has 0 bridgehead atoms. The van der Waals surface area contributed by atoms with E-state index in [0.29, 0.717) is 29.0 Å². The van der Waals surface area contributed by atoms with Crippen LogP contribution < -0.4 is 15.5 Å². The molecule has 0 fully saturated rings. The van der Waals surface area contributed by atoms with E-state index in [1.54, 1.807) is 48.2 Å². The second-order valence-corrected chi connectivity index (χ2v) is 7.28. The number of para-hydroxylation sites is 1. The smallest absolute Gasteiger partial charge is 0.258 e. The van der Waals surface area contributed by atoms with Crippen molar-refractivity contribution in [3.63, 3.8) is 0 Å². The van der Waals surface area contributed by atoms with Crippen LogP contribution in [-0.2, 0) is 11.2 Å². The zero-order chi connectivity index (χ0) is 21.1. The van der Waals surface area contributed by atoms with Crippen LogP contribution in [0.4, 0.5) is 21.5 Å². The first-order valence-corrected chi connectivity index (χ1v) is 9.81. The Bertz CT molecular complexity index is 1110. The topological polar surface area (TPSA) is 61.4 Å². The number of fused-ring (bicyclic) bond motifs is 1. The molecule has 30 heavy (non-hydrogen) atoms. The summed E-state index contributed by atoms with van der Waals surface area (Å²) in [5.41, 5.74) is 4.26. The molecule has 0 saturated heterocycles. The Morgan fingerprint density at radius 3 is 2.67 bits per heavy atom. The number of nitrogens with one attached hydrogen (secondary N) is 2. The number of aryl methyl sites for hydroxylation is 1. The van der Waals surface area contributed by atoms with Crippen LogP contribution in [0.3, 0.4) is 0 Å². The van der Waals surface area contributed by atoms with E-state index >= 15 is 0 Å². The molecule has 0 aromatic heterocycles. The molecule has 0 spiro atoms. The van der Waals surface area contributed by atoms with E-state index in [1.165, 1.54) is 11.6 Å². The van der Waals surface area contributed by atoms with Crippen molar-refractivity contribution in [2.75, 3.05) is 28.6 Å². The molecule has 0 atom stereocenters. The molecule has 4 rings (SSSR count). The van der Waals surface area contributed by atoms with Gasteiger partial charge in [0.1, 0.15) is 5.82 Å². The first-order valence-electron chi connectivity index (χ1n) is 9.81. The quantitative estimate of drug-likeness (QED) is 0.664. The van der Waals surface area contributed by atoms with E-state index < -0.39 is 0 Å². The summed E-state index contributed by atoms with van der Waals surface area (Å²) >= 11 is 0. The number of rotatable bonds is 5. The van der Waals surface area contributed by atoms with Crippen LogP contribution in [0.5, 0.6) is 0 Å². The Hall–Kier alpha value is -3.67. The van der Waals surface area contributed by atoms with E-state index in [9.17, 15) is 14.0 Å². The molecule has 0 unspecified atom stereocenters. The van der Waals surface area contributed by atoms with E-state index in [1.807, 2.05) is 24.3 Å². The number of benzene rings is 3. The fourth-order valence-electron chi connectivity index (χ4n) is 3.53. The summed E-state index contributed by atoms with van der Waals surface area (Å²) in [5.74, 6) is -0.734. The Morgan fingerprint density at radius 2 is 1.83 bits per heavy atom. The van der Waals surface area contributed by atoms with Crippen molar-refractivity contribution in [2.24, 2.45) is 0 Å². The normalized spacial score (nSPS) is 12.4. The average molecular weight is 403 g/mol. The van der Waals surface area contributed by atoms with Gasteiger partial charge in [-0.2, -0.15) is 0 Å². The first kappa shape index (κ1) is 19.6. The summed E-state index contributed by atoms with van der Waals surface area (Å²) in [7, 11) is 0. The molecule has 0 saturated carbocycles. The van der Waals surface area contributed by atoms with Gasteiger partial charge in [-0.3, -0.25) is 9.59 Å². The lowest BCUT2D eigenvalue weighted by Crippen LogP contribution is -2.29. The van der Waals surface area contributed by atoms with Gasteiger partial charge in [0, 0.05) is 29.2 Å². The lowest BCUT2D eigenvalue weighted by Gasteiger charge is -2.18. The van der Waals surface area contributed by atoms with Gasteiger partial charge in [0.2, 0.25) is 5.91 Å². The maximum absolute atomic E-state index is 13.6. The van der Waals surface area contributed by atoms with Crippen molar-refractivity contribution in [3.8, 4) is 0 Å². The van der Waals surface area contributed by atoms with E-state index in [2.05, 4.69) is 10.6 Å². The van der Waals surface area contributed by atoms with Crippen molar-refractivity contribution in [3.05, 3.63) is 89.2 Å². The predicted molar refractivity (Wildman–Crippen MR) is 117 cm³/mol. The van der Waals surface area contributed by atoms with Crippen molar-refractivity contribution in [1.82, 2.24) is 0 Å². The molecule has 0 aliphatic carbocycles. The number of hydrogen-bond donors (Lipinski definition) is 2. The highest BCUT2D eigenvalue weighted by Gasteiger charge is 2.25. The molecule has 1 aliphatic rings. The first-order chi connectivity index (χ1) is 14.5. The van der Waals surface area contributed by atoms with Crippen molar-refractivity contribution in [2.45, 2.75) is 13.3 Å². The highest BCUT2D eigenvalue weighted by Crippen LogP contribution is 2.29. The molecule has 152 valence electrons. The number of amides is 2. The van der Waals surface area contributed by atoms with Gasteiger partial charge in [0.15, 0.2) is 0 Å². The van der Waals surface area contributed by atoms with Crippen molar-refractivity contribution < 1.29 is 14.0 Å². The SMILES string of the molecule is Cc1ccc(NC(=O)CNc2cccc(C(=O)N3CCc4ccccc43)c2)cc1F. The molecule has 3 aromatic rings. The highest BCUT2D eigenvalue weighted by molar-refractivity contribution is 6.07. The number of anilines is 3. The lowest BCUT2D eigenvalue weighted by atomic mass is 10.1. The Balaban J connectivity index is 1.39. The second-order valence-electron chi connectivity index (χ2n) is 7.28. The molecular formula is C24H22FN3O2. The third kappa shape index (κ3) is 4.17. The minimum absolute atomic E-state index is 0.000311. The molecule has 5 nitrogen and oxygen atoms in total. The number of carbonyl (C=O) groups excluding carboxylic acids is 2. The van der Waals surface area contributed by atoms with Crippen LogP contribution in [0.15, 0.2) is 66.7 Å². The van der Waals surface area contributed by atoms with Crippen LogP contribution in [0.2, 0.25) is 0 Å². The second kappa shape index (κ2) is 8.37. The van der Waals surface area contributed by atoms with Gasteiger partial charge in [-0.25, -0.2) is 4.39 Å². The standard InChI is InChI=1S/C24H22FN3O2/c1-16-9-10-20(14-21(16)25)27-23(29)15-26-19-7-4-6-18(13-19)24(30)28-12-11-17-5-2-3-8-22(17)28/h2-10,13-14,26H,11-12,15H2,1H3,(H,27,29). The van der Waals surface area contributed by atoms with Crippen LogP contribution in [0.1, 0.15) is 21.5 Å². The highest BCUT2D eigenvalue weighted by atomic mass is 19.1. The van der Waals surface area contributed by atoms with Gasteiger partial charge >= 0.3 is 0 Å². The van der Waals surface area contributed by atoms with E-state index in [-0.39, 0.29) is 24.2 Å². The third-order valence-electron chi connectivity index (χ3n) is 5.15. The van der Waals surface area contributed by atoms with Crippen LogP contribution in [0, 0.1) is 12.7 Å². The van der Waals surface area contributed by atoms with Crippen LogP contribution >= 0.6 is 0 Å². The van der Waals surface area contributed by atoms with E-state index in [4.69, 9.17) is 0 Å². The number of carbonyl (C=O) groups is 2. The van der Waals surface area contributed by atoms with E-state index in [0.717, 1.165) is 12.1 Å². The molecule has 2 amide bonds. The molecule has 6 heteroatoms. The number of nitrogens with zero attached hydrogens (tertiary/aromatic N) is 1. The van der Waals surface area contributed by atoms with Crippen LogP contribution in [-0.4, -0.2) is 24.9 Å². The summed E-state index contributed by atoms with van der Waals surface area (Å²) in [6.07, 6.45) is 0.847. The van der Waals surface area contributed by atoms with Gasteiger partial charge in [0.05, 0.1) is 6.54 Å². The zero-order valence-electron chi connectivity index (χ0n) is 16.6. The molecule has 1 aliphatic heterocycles. The number of halogens is 1. The zero-order valence-corrected chi connectivity index (χ0v) is 16.6. The maximum Gasteiger partial charge on any atom is 0.258 e. The molecule has 2 N–H and O–H groups in total. The summed E-state index contributed by atoms with van der Waals surface area (Å²) in [5, 5.41) is 5.68. The molecule has 3 aromatic carbocycles. The average Bonchev–Trinajstić information content (AvgIpc) is 3.19. The monoisotopic (exact) mass is 403 g/mol. The minimum atomic E-state index is -0.365. The van der Waals surface area contributed by atoms with Gasteiger partial charge in [-0.05, 0) is 60.9 Å².